The molecule has 3 nitrogen and oxygen atoms in total. The van der Waals surface area contributed by atoms with E-state index in [2.05, 4.69) is 33.8 Å². The van der Waals surface area contributed by atoms with E-state index in [1.165, 1.54) is 24.0 Å². The molecule has 1 aliphatic carbocycles. The lowest BCUT2D eigenvalue weighted by atomic mass is 10.1. The van der Waals surface area contributed by atoms with Crippen molar-refractivity contribution in [2.75, 3.05) is 17.7 Å². The third-order valence-corrected chi connectivity index (χ3v) is 4.10. The smallest absolute Gasteiger partial charge is 0.151 e. The maximum Gasteiger partial charge on any atom is 0.151 e. The van der Waals surface area contributed by atoms with E-state index in [1.54, 1.807) is 13.1 Å². The number of aromatic nitrogens is 1. The van der Waals surface area contributed by atoms with Crippen LogP contribution < -0.4 is 10.6 Å². The number of anilines is 3. The molecule has 0 atom stereocenters. The minimum absolute atomic E-state index is 0.509. The van der Waals surface area contributed by atoms with Crippen LogP contribution >= 0.6 is 23.2 Å². The van der Waals surface area contributed by atoms with Gasteiger partial charge in [0.05, 0.1) is 10.0 Å². The first-order chi connectivity index (χ1) is 9.67. The van der Waals surface area contributed by atoms with Crippen LogP contribution in [0.2, 0.25) is 10.0 Å². The molecular formula is C15H15Cl2N3. The largest absolute Gasteiger partial charge is 0.372 e. The summed E-state index contributed by atoms with van der Waals surface area (Å²) in [6.07, 6.45) is 3.57. The minimum atomic E-state index is 0.509. The molecule has 5 heteroatoms. The minimum Gasteiger partial charge on any atom is -0.372 e. The first-order valence-corrected chi connectivity index (χ1v) is 7.35. The van der Waals surface area contributed by atoms with Crippen LogP contribution in [0.3, 0.4) is 0 Å². The summed E-state index contributed by atoms with van der Waals surface area (Å²) in [6, 6.07) is 8.11. The van der Waals surface area contributed by atoms with Crippen LogP contribution in [0.5, 0.6) is 0 Å². The number of halogens is 2. The number of hydrogen-bond donors (Lipinski definition) is 2. The number of aryl methyl sites for hydroxylation is 2. The highest BCUT2D eigenvalue weighted by Gasteiger charge is 2.12. The Morgan fingerprint density at radius 1 is 1.00 bits per heavy atom. The Morgan fingerprint density at radius 3 is 2.55 bits per heavy atom. The molecule has 1 heterocycles. The Labute approximate surface area is 128 Å². The summed E-state index contributed by atoms with van der Waals surface area (Å²) in [4.78, 5) is 4.39. The molecule has 1 aromatic carbocycles. The summed E-state index contributed by atoms with van der Waals surface area (Å²) >= 11 is 12.2. The Bertz CT molecular complexity index is 656. The van der Waals surface area contributed by atoms with Gasteiger partial charge >= 0.3 is 0 Å². The normalized spacial score (nSPS) is 13.2. The van der Waals surface area contributed by atoms with Gasteiger partial charge in [0.15, 0.2) is 5.82 Å². The molecule has 0 unspecified atom stereocenters. The van der Waals surface area contributed by atoms with E-state index in [0.717, 1.165) is 12.1 Å². The molecule has 2 aromatic rings. The highest BCUT2D eigenvalue weighted by molar-refractivity contribution is 6.37. The fourth-order valence-corrected chi connectivity index (χ4v) is 3.02. The van der Waals surface area contributed by atoms with Crippen LogP contribution in [-0.4, -0.2) is 12.0 Å². The molecule has 0 fully saturated rings. The van der Waals surface area contributed by atoms with Crippen LogP contribution in [0, 0.1) is 0 Å². The van der Waals surface area contributed by atoms with Gasteiger partial charge in [-0.25, -0.2) is 4.98 Å². The molecule has 0 spiro atoms. The van der Waals surface area contributed by atoms with Crippen molar-refractivity contribution in [2.45, 2.75) is 19.3 Å². The monoisotopic (exact) mass is 307 g/mol. The molecule has 0 amide bonds. The lowest BCUT2D eigenvalue weighted by Gasteiger charge is -2.12. The predicted molar refractivity (Wildman–Crippen MR) is 85.6 cm³/mol. The van der Waals surface area contributed by atoms with E-state index in [9.17, 15) is 0 Å². The Morgan fingerprint density at radius 2 is 1.75 bits per heavy atom. The van der Waals surface area contributed by atoms with Gasteiger partial charge in [0.1, 0.15) is 5.82 Å². The van der Waals surface area contributed by atoms with Gasteiger partial charge in [-0.15, -0.1) is 0 Å². The third kappa shape index (κ3) is 2.56. The number of nitrogens with one attached hydrogen (secondary N) is 2. The summed E-state index contributed by atoms with van der Waals surface area (Å²) in [7, 11) is 1.78. The van der Waals surface area contributed by atoms with Crippen molar-refractivity contribution >= 4 is 40.5 Å². The molecule has 1 aromatic heterocycles. The molecule has 0 saturated heterocycles. The van der Waals surface area contributed by atoms with E-state index < -0.39 is 0 Å². The van der Waals surface area contributed by atoms with Crippen LogP contribution in [0.4, 0.5) is 17.3 Å². The van der Waals surface area contributed by atoms with Crippen molar-refractivity contribution in [3.63, 3.8) is 0 Å². The number of hydrogen-bond acceptors (Lipinski definition) is 3. The highest BCUT2D eigenvalue weighted by atomic mass is 35.5. The average molecular weight is 308 g/mol. The Kier molecular flexibility index (Phi) is 3.72. The van der Waals surface area contributed by atoms with Crippen LogP contribution in [-0.2, 0) is 12.8 Å². The van der Waals surface area contributed by atoms with Crippen LogP contribution in [0.15, 0.2) is 24.3 Å². The van der Waals surface area contributed by atoms with Crippen molar-refractivity contribution in [3.8, 4) is 0 Å². The van der Waals surface area contributed by atoms with E-state index in [0.29, 0.717) is 21.7 Å². The van der Waals surface area contributed by atoms with E-state index >= 15 is 0 Å². The third-order valence-electron chi connectivity index (χ3n) is 3.53. The Hall–Kier alpha value is -1.45. The first-order valence-electron chi connectivity index (χ1n) is 6.60. The number of nitrogens with zero attached hydrogens (tertiary/aromatic N) is 1. The van der Waals surface area contributed by atoms with E-state index in [1.807, 2.05) is 0 Å². The number of benzene rings is 1. The second-order valence-electron chi connectivity index (χ2n) is 4.86. The molecule has 1 aliphatic rings. The molecule has 3 rings (SSSR count). The average Bonchev–Trinajstić information content (AvgIpc) is 2.89. The maximum absolute atomic E-state index is 6.19. The van der Waals surface area contributed by atoms with Crippen molar-refractivity contribution < 1.29 is 0 Å². The molecule has 20 heavy (non-hydrogen) atoms. The highest BCUT2D eigenvalue weighted by Crippen LogP contribution is 2.32. The van der Waals surface area contributed by atoms with Gasteiger partial charge in [-0.3, -0.25) is 0 Å². The summed E-state index contributed by atoms with van der Waals surface area (Å²) in [5.74, 6) is 1.22. The second-order valence-corrected chi connectivity index (χ2v) is 5.68. The van der Waals surface area contributed by atoms with Gasteiger partial charge in [-0.1, -0.05) is 29.3 Å². The lowest BCUT2D eigenvalue weighted by molar-refractivity contribution is 0.912. The van der Waals surface area contributed by atoms with Crippen molar-refractivity contribution in [3.05, 3.63) is 45.4 Å². The van der Waals surface area contributed by atoms with Crippen LogP contribution in [0.25, 0.3) is 0 Å². The molecule has 0 bridgehead atoms. The zero-order chi connectivity index (χ0) is 14.1. The standard InChI is InChI=1S/C15H15Cl2N3/c1-18-14-12(16)8-13(17)15(20-14)19-11-6-5-9-3-2-4-10(9)7-11/h5-8H,2-4H2,1H3,(H2,18,19,20). The second kappa shape index (κ2) is 5.51. The summed E-state index contributed by atoms with van der Waals surface area (Å²) in [5.41, 5.74) is 3.86. The molecular weight excluding hydrogens is 293 g/mol. The zero-order valence-corrected chi connectivity index (χ0v) is 12.6. The number of pyridine rings is 1. The van der Waals surface area contributed by atoms with E-state index in [-0.39, 0.29) is 0 Å². The zero-order valence-electron chi connectivity index (χ0n) is 11.1. The predicted octanol–water partition coefficient (Wildman–Crippen LogP) is 4.66. The molecule has 0 radical (unpaired) electrons. The van der Waals surface area contributed by atoms with Crippen LogP contribution in [0.1, 0.15) is 17.5 Å². The van der Waals surface area contributed by atoms with Gasteiger partial charge < -0.3 is 10.6 Å². The maximum atomic E-state index is 6.19. The number of fused-ring (bicyclic) bond motifs is 1. The Balaban J connectivity index is 1.91. The molecule has 0 saturated carbocycles. The van der Waals surface area contributed by atoms with Gasteiger partial charge in [0, 0.05) is 12.7 Å². The number of rotatable bonds is 3. The van der Waals surface area contributed by atoms with Gasteiger partial charge in [0.25, 0.3) is 0 Å². The van der Waals surface area contributed by atoms with Gasteiger partial charge in [0.2, 0.25) is 0 Å². The first kappa shape index (κ1) is 13.5. The summed E-state index contributed by atoms with van der Waals surface area (Å²) < 4.78 is 0. The molecule has 0 aliphatic heterocycles. The summed E-state index contributed by atoms with van der Waals surface area (Å²) in [5, 5.41) is 7.23. The van der Waals surface area contributed by atoms with Crippen molar-refractivity contribution in [1.29, 1.82) is 0 Å². The van der Waals surface area contributed by atoms with Gasteiger partial charge in [-0.2, -0.15) is 0 Å². The lowest BCUT2D eigenvalue weighted by Crippen LogP contribution is -2.00. The van der Waals surface area contributed by atoms with Crippen molar-refractivity contribution in [1.82, 2.24) is 4.98 Å². The fourth-order valence-electron chi connectivity index (χ4n) is 2.52. The topological polar surface area (TPSA) is 37.0 Å². The van der Waals surface area contributed by atoms with E-state index in [4.69, 9.17) is 23.2 Å². The molecule has 2 N–H and O–H groups in total. The van der Waals surface area contributed by atoms with Gasteiger partial charge in [-0.05, 0) is 48.6 Å². The SMILES string of the molecule is CNc1nc(Nc2ccc3c(c2)CCC3)c(Cl)cc1Cl. The van der Waals surface area contributed by atoms with Crippen molar-refractivity contribution in [2.24, 2.45) is 0 Å². The fraction of sp³-hybridized carbons (Fsp3) is 0.267. The summed E-state index contributed by atoms with van der Waals surface area (Å²) in [6.45, 7) is 0. The quantitative estimate of drug-likeness (QED) is 0.865. The molecule has 104 valence electrons.